The van der Waals surface area contributed by atoms with Crippen molar-refractivity contribution in [2.24, 2.45) is 0 Å². The van der Waals surface area contributed by atoms with Crippen LogP contribution in [0.1, 0.15) is 37.8 Å². The minimum Gasteiger partial charge on any atom is -0.372 e. The number of carbonyl (C=O) groups is 2. The van der Waals surface area contributed by atoms with Crippen molar-refractivity contribution in [3.05, 3.63) is 29.3 Å². The van der Waals surface area contributed by atoms with Gasteiger partial charge in [-0.1, -0.05) is 19.9 Å². The first-order valence-electron chi connectivity index (χ1n) is 6.97. The number of urea groups is 1. The molecule has 1 saturated heterocycles. The summed E-state index contributed by atoms with van der Waals surface area (Å²) in [4.78, 5) is 26.0. The molecule has 106 valence electrons. The summed E-state index contributed by atoms with van der Waals surface area (Å²) in [5.41, 5.74) is 2.04. The fourth-order valence-corrected chi connectivity index (χ4v) is 2.88. The molecule has 2 heterocycles. The van der Waals surface area contributed by atoms with Crippen LogP contribution in [0.15, 0.2) is 18.2 Å². The summed E-state index contributed by atoms with van der Waals surface area (Å²) in [6.07, 6.45) is 1.19. The Hall–Kier alpha value is -1.88. The molecule has 1 fully saturated rings. The number of carbonyl (C=O) groups excluding carboxylic acids is 2. The summed E-state index contributed by atoms with van der Waals surface area (Å²) in [7, 11) is 0. The van der Waals surface area contributed by atoms with Crippen molar-refractivity contribution in [1.82, 2.24) is 5.32 Å². The quantitative estimate of drug-likeness (QED) is 0.861. The van der Waals surface area contributed by atoms with Gasteiger partial charge in [-0.15, -0.1) is 0 Å². The number of nitrogens with zero attached hydrogens (tertiary/aromatic N) is 1. The van der Waals surface area contributed by atoms with Crippen LogP contribution in [-0.2, 0) is 22.7 Å². The van der Waals surface area contributed by atoms with E-state index in [-0.39, 0.29) is 11.9 Å². The zero-order valence-electron chi connectivity index (χ0n) is 11.7. The summed E-state index contributed by atoms with van der Waals surface area (Å²) in [5, 5.41) is 2.84. The highest BCUT2D eigenvalue weighted by atomic mass is 16.5. The van der Waals surface area contributed by atoms with Gasteiger partial charge in [0.15, 0.2) is 0 Å². The van der Waals surface area contributed by atoms with Crippen LogP contribution in [0, 0.1) is 0 Å². The molecule has 0 aliphatic carbocycles. The van der Waals surface area contributed by atoms with Crippen LogP contribution in [0.25, 0.3) is 0 Å². The summed E-state index contributed by atoms with van der Waals surface area (Å²) < 4.78 is 5.37. The molecule has 2 aliphatic rings. The first-order chi connectivity index (χ1) is 9.61. The predicted molar refractivity (Wildman–Crippen MR) is 74.3 cm³/mol. The van der Waals surface area contributed by atoms with Crippen molar-refractivity contribution in [3.8, 4) is 0 Å². The average molecular weight is 274 g/mol. The number of imide groups is 1. The molecule has 3 rings (SSSR count). The second kappa shape index (κ2) is 4.59. The maximum absolute atomic E-state index is 12.6. The molecular weight excluding hydrogens is 256 g/mol. The van der Waals surface area contributed by atoms with Crippen LogP contribution < -0.4 is 10.2 Å². The molecule has 0 bridgehead atoms. The molecule has 20 heavy (non-hydrogen) atoms. The second-order valence-electron chi connectivity index (χ2n) is 5.31. The lowest BCUT2D eigenvalue weighted by Gasteiger charge is -2.23. The van der Waals surface area contributed by atoms with E-state index in [4.69, 9.17) is 4.74 Å². The Labute approximate surface area is 117 Å². The third-order valence-corrected chi connectivity index (χ3v) is 4.33. The summed E-state index contributed by atoms with van der Waals surface area (Å²) >= 11 is 0. The van der Waals surface area contributed by atoms with Crippen LogP contribution in [0.4, 0.5) is 10.5 Å². The van der Waals surface area contributed by atoms with Crippen molar-refractivity contribution in [2.45, 2.75) is 45.4 Å². The fourth-order valence-electron chi connectivity index (χ4n) is 2.88. The number of hydrogen-bond donors (Lipinski definition) is 1. The largest absolute Gasteiger partial charge is 0.372 e. The Kier molecular flexibility index (Phi) is 3.01. The zero-order valence-corrected chi connectivity index (χ0v) is 11.7. The van der Waals surface area contributed by atoms with Crippen molar-refractivity contribution in [3.63, 3.8) is 0 Å². The van der Waals surface area contributed by atoms with Gasteiger partial charge in [0, 0.05) is 0 Å². The zero-order chi connectivity index (χ0) is 14.3. The summed E-state index contributed by atoms with van der Waals surface area (Å²) in [6, 6.07) is 5.28. The average Bonchev–Trinajstić information content (AvgIpc) is 3.01. The molecule has 0 spiro atoms. The number of hydrogen-bond acceptors (Lipinski definition) is 3. The Morgan fingerprint density at radius 3 is 2.55 bits per heavy atom. The number of rotatable bonds is 3. The molecule has 0 aromatic heterocycles. The van der Waals surface area contributed by atoms with Crippen LogP contribution in [0.2, 0.25) is 0 Å². The van der Waals surface area contributed by atoms with Crippen LogP contribution in [-0.4, -0.2) is 17.5 Å². The molecule has 0 unspecified atom stereocenters. The number of anilines is 1. The van der Waals surface area contributed by atoms with E-state index in [9.17, 15) is 9.59 Å². The van der Waals surface area contributed by atoms with E-state index >= 15 is 0 Å². The molecule has 0 radical (unpaired) electrons. The van der Waals surface area contributed by atoms with E-state index in [1.165, 1.54) is 4.90 Å². The first-order valence-corrected chi connectivity index (χ1v) is 6.97. The number of benzene rings is 1. The minimum atomic E-state index is -0.757. The number of nitrogens with one attached hydrogen (secondary N) is 1. The monoisotopic (exact) mass is 274 g/mol. The Morgan fingerprint density at radius 2 is 1.90 bits per heavy atom. The molecular formula is C15H18N2O3. The maximum Gasteiger partial charge on any atom is 0.329 e. The molecule has 0 saturated carbocycles. The minimum absolute atomic E-state index is 0.161. The van der Waals surface area contributed by atoms with E-state index in [1.54, 1.807) is 0 Å². The lowest BCUT2D eigenvalue weighted by molar-refractivity contribution is -0.122. The van der Waals surface area contributed by atoms with Crippen LogP contribution in [0.5, 0.6) is 0 Å². The van der Waals surface area contributed by atoms with E-state index in [0.717, 1.165) is 11.1 Å². The lowest BCUT2D eigenvalue weighted by atomic mass is 9.93. The molecule has 1 aromatic carbocycles. The maximum atomic E-state index is 12.6. The van der Waals surface area contributed by atoms with E-state index in [2.05, 4.69) is 5.32 Å². The van der Waals surface area contributed by atoms with Gasteiger partial charge in [0.05, 0.1) is 18.9 Å². The first kappa shape index (κ1) is 13.1. The van der Waals surface area contributed by atoms with Crippen molar-refractivity contribution in [1.29, 1.82) is 0 Å². The van der Waals surface area contributed by atoms with Gasteiger partial charge in [0.1, 0.15) is 5.54 Å². The standard InChI is InChI=1S/C15H18N2O3/c1-3-15(4-2)13(18)17(14(19)16-15)12-6-5-10-8-20-9-11(10)7-12/h5-7H,3-4,8-9H2,1-2H3,(H,16,19). The van der Waals surface area contributed by atoms with E-state index < -0.39 is 5.54 Å². The lowest BCUT2D eigenvalue weighted by Crippen LogP contribution is -2.45. The van der Waals surface area contributed by atoms with Crippen molar-refractivity contribution < 1.29 is 14.3 Å². The van der Waals surface area contributed by atoms with Crippen LogP contribution in [0.3, 0.4) is 0 Å². The molecule has 3 amide bonds. The Bertz CT molecular complexity index is 578. The van der Waals surface area contributed by atoms with Gasteiger partial charge in [-0.2, -0.15) is 0 Å². The Balaban J connectivity index is 1.98. The Morgan fingerprint density at radius 1 is 1.20 bits per heavy atom. The number of ether oxygens (including phenoxy) is 1. The van der Waals surface area contributed by atoms with Crippen molar-refractivity contribution >= 4 is 17.6 Å². The normalized spacial score (nSPS) is 20.2. The SMILES string of the molecule is CCC1(CC)NC(=O)N(c2ccc3c(c2)COC3)C1=O. The summed E-state index contributed by atoms with van der Waals surface area (Å²) in [6.45, 7) is 4.98. The van der Waals surface area contributed by atoms with Gasteiger partial charge in [0.2, 0.25) is 0 Å². The van der Waals surface area contributed by atoms with E-state index in [1.807, 2.05) is 32.0 Å². The van der Waals surface area contributed by atoms with Crippen molar-refractivity contribution in [2.75, 3.05) is 4.90 Å². The smallest absolute Gasteiger partial charge is 0.329 e. The summed E-state index contributed by atoms with van der Waals surface area (Å²) in [5.74, 6) is -0.161. The van der Waals surface area contributed by atoms with Gasteiger partial charge < -0.3 is 10.1 Å². The second-order valence-corrected chi connectivity index (χ2v) is 5.31. The van der Waals surface area contributed by atoms with Gasteiger partial charge in [-0.05, 0) is 36.1 Å². The molecule has 0 atom stereocenters. The van der Waals surface area contributed by atoms with E-state index in [0.29, 0.717) is 31.7 Å². The number of amides is 3. The van der Waals surface area contributed by atoms with Gasteiger partial charge in [-0.3, -0.25) is 4.79 Å². The molecule has 5 heteroatoms. The molecule has 1 aromatic rings. The molecule has 5 nitrogen and oxygen atoms in total. The topological polar surface area (TPSA) is 58.6 Å². The fraction of sp³-hybridized carbons (Fsp3) is 0.467. The van der Waals surface area contributed by atoms with Gasteiger partial charge >= 0.3 is 6.03 Å². The van der Waals surface area contributed by atoms with Crippen LogP contribution >= 0.6 is 0 Å². The molecule has 1 N–H and O–H groups in total. The third-order valence-electron chi connectivity index (χ3n) is 4.33. The van der Waals surface area contributed by atoms with Gasteiger partial charge in [-0.25, -0.2) is 9.69 Å². The third kappa shape index (κ3) is 1.73. The molecule has 2 aliphatic heterocycles. The number of fused-ring (bicyclic) bond motifs is 1. The van der Waals surface area contributed by atoms with Gasteiger partial charge in [0.25, 0.3) is 5.91 Å². The highest BCUT2D eigenvalue weighted by Gasteiger charge is 2.49. The highest BCUT2D eigenvalue weighted by molar-refractivity contribution is 6.23. The highest BCUT2D eigenvalue weighted by Crippen LogP contribution is 2.32. The predicted octanol–water partition coefficient (Wildman–Crippen LogP) is 2.33.